The maximum absolute atomic E-state index is 10.9. The molecular weight excluding hydrogens is 368 g/mol. The zero-order chi connectivity index (χ0) is 20.6. The lowest BCUT2D eigenvalue weighted by Crippen LogP contribution is -2.07. The molecule has 7 nitrogen and oxygen atoms in total. The van der Waals surface area contributed by atoms with Gasteiger partial charge >= 0.3 is 6.16 Å². The summed E-state index contributed by atoms with van der Waals surface area (Å²) in [6, 6.07) is 9.69. The van der Waals surface area contributed by atoms with Gasteiger partial charge in [0.2, 0.25) is 0 Å². The van der Waals surface area contributed by atoms with Crippen LogP contribution in [0.1, 0.15) is 50.3 Å². The Kier molecular flexibility index (Phi) is 6.94. The summed E-state index contributed by atoms with van der Waals surface area (Å²) < 4.78 is 6.84. The average Bonchev–Trinajstić information content (AvgIpc) is 3.08. The Morgan fingerprint density at radius 3 is 2.59 bits per heavy atom. The number of ether oxygens (including phenoxy) is 1. The summed E-state index contributed by atoms with van der Waals surface area (Å²) in [7, 11) is 0. The molecule has 0 radical (unpaired) electrons. The molecule has 3 aromatic rings. The van der Waals surface area contributed by atoms with E-state index >= 15 is 0 Å². The number of pyridine rings is 1. The first-order valence-electron chi connectivity index (χ1n) is 9.97. The maximum Gasteiger partial charge on any atom is 0.511 e. The molecular formula is C22H26N4O3. The Morgan fingerprint density at radius 2 is 1.90 bits per heavy atom. The Morgan fingerprint density at radius 1 is 1.10 bits per heavy atom. The highest BCUT2D eigenvalue weighted by atomic mass is 16.7. The van der Waals surface area contributed by atoms with E-state index in [2.05, 4.69) is 23.9 Å². The first-order valence-corrected chi connectivity index (χ1v) is 9.97. The molecule has 29 heavy (non-hydrogen) atoms. The van der Waals surface area contributed by atoms with E-state index in [-0.39, 0.29) is 5.75 Å². The number of benzene rings is 1. The van der Waals surface area contributed by atoms with Gasteiger partial charge in [0.25, 0.3) is 0 Å². The van der Waals surface area contributed by atoms with E-state index in [9.17, 15) is 4.79 Å². The minimum Gasteiger partial charge on any atom is -0.449 e. The number of carbonyl (C=O) groups is 1. The highest BCUT2D eigenvalue weighted by molar-refractivity contribution is 5.73. The van der Waals surface area contributed by atoms with Gasteiger partial charge in [-0.2, -0.15) is 5.10 Å². The third-order valence-electron chi connectivity index (χ3n) is 4.60. The molecule has 3 rings (SSSR count). The predicted molar refractivity (Wildman–Crippen MR) is 110 cm³/mol. The molecule has 1 aromatic carbocycles. The minimum atomic E-state index is -1.36. The van der Waals surface area contributed by atoms with Crippen LogP contribution in [0.15, 0.2) is 42.7 Å². The van der Waals surface area contributed by atoms with Gasteiger partial charge in [0, 0.05) is 24.6 Å². The molecule has 2 heterocycles. The van der Waals surface area contributed by atoms with Gasteiger partial charge in [0.1, 0.15) is 5.82 Å². The van der Waals surface area contributed by atoms with Crippen molar-refractivity contribution < 1.29 is 14.6 Å². The van der Waals surface area contributed by atoms with Gasteiger partial charge in [0.15, 0.2) is 11.6 Å². The van der Waals surface area contributed by atoms with Crippen molar-refractivity contribution in [1.29, 1.82) is 0 Å². The summed E-state index contributed by atoms with van der Waals surface area (Å²) in [6.45, 7) is 4.96. The molecule has 0 unspecified atom stereocenters. The lowest BCUT2D eigenvalue weighted by atomic mass is 10.0. The molecule has 0 bridgehead atoms. The summed E-state index contributed by atoms with van der Waals surface area (Å²) in [5.74, 6) is 2.16. The van der Waals surface area contributed by atoms with E-state index < -0.39 is 6.16 Å². The van der Waals surface area contributed by atoms with Crippen molar-refractivity contribution >= 4 is 6.16 Å². The zero-order valence-corrected chi connectivity index (χ0v) is 16.8. The van der Waals surface area contributed by atoms with Crippen molar-refractivity contribution in [2.24, 2.45) is 0 Å². The number of aromatic nitrogens is 4. The molecule has 0 amide bonds. The van der Waals surface area contributed by atoms with Gasteiger partial charge < -0.3 is 9.84 Å². The van der Waals surface area contributed by atoms with Gasteiger partial charge in [-0.25, -0.2) is 14.5 Å². The third kappa shape index (κ3) is 5.40. The quantitative estimate of drug-likeness (QED) is 0.527. The van der Waals surface area contributed by atoms with Crippen molar-refractivity contribution in [3.05, 3.63) is 59.9 Å². The van der Waals surface area contributed by atoms with Gasteiger partial charge in [-0.05, 0) is 30.0 Å². The number of hydrogen-bond donors (Lipinski definition) is 1. The smallest absolute Gasteiger partial charge is 0.449 e. The largest absolute Gasteiger partial charge is 0.511 e. The van der Waals surface area contributed by atoms with Gasteiger partial charge in [-0.1, -0.05) is 44.5 Å². The Balaban J connectivity index is 1.80. The molecule has 1 N–H and O–H groups in total. The molecule has 0 atom stereocenters. The second kappa shape index (κ2) is 9.82. The fraction of sp³-hybridized carbons (Fsp3) is 0.364. The monoisotopic (exact) mass is 394 g/mol. The van der Waals surface area contributed by atoms with Gasteiger partial charge in [-0.15, -0.1) is 0 Å². The summed E-state index contributed by atoms with van der Waals surface area (Å²) >= 11 is 0. The second-order valence-corrected chi connectivity index (χ2v) is 6.89. The predicted octanol–water partition coefficient (Wildman–Crippen LogP) is 4.74. The molecule has 0 aliphatic carbocycles. The lowest BCUT2D eigenvalue weighted by molar-refractivity contribution is 0.144. The fourth-order valence-corrected chi connectivity index (χ4v) is 3.16. The molecule has 152 valence electrons. The Labute approximate surface area is 170 Å². The van der Waals surface area contributed by atoms with E-state index in [0.717, 1.165) is 54.9 Å². The Bertz CT molecular complexity index is 951. The first kappa shape index (κ1) is 20.5. The zero-order valence-electron chi connectivity index (χ0n) is 16.8. The average molecular weight is 394 g/mol. The summed E-state index contributed by atoms with van der Waals surface area (Å²) in [6.07, 6.45) is 6.72. The number of hydrogen-bond acceptors (Lipinski definition) is 5. The van der Waals surface area contributed by atoms with Crippen LogP contribution in [0.3, 0.4) is 0 Å². The number of nitrogens with zero attached hydrogens (tertiary/aromatic N) is 4. The molecule has 0 spiro atoms. The number of aryl methyl sites for hydroxylation is 2. The highest BCUT2D eigenvalue weighted by Crippen LogP contribution is 2.29. The number of unbranched alkanes of at least 4 members (excludes halogenated alkanes) is 1. The van der Waals surface area contributed by atoms with Crippen molar-refractivity contribution in [2.75, 3.05) is 0 Å². The highest BCUT2D eigenvalue weighted by Gasteiger charge is 2.12. The van der Waals surface area contributed by atoms with Gasteiger partial charge in [0.05, 0.1) is 12.7 Å². The van der Waals surface area contributed by atoms with Crippen LogP contribution in [-0.4, -0.2) is 31.0 Å². The van der Waals surface area contributed by atoms with Crippen molar-refractivity contribution in [3.8, 4) is 16.9 Å². The maximum atomic E-state index is 10.9. The standard InChI is InChI=1S/C22H26N4O3/c1-3-5-7-21-24-20(6-4-2)25-26(21)15-16-8-10-17(11-9-16)18-12-13-23-14-19(18)29-22(27)28/h8-14H,3-7,15H2,1-2H3,(H,27,28). The normalized spacial score (nSPS) is 10.8. The van der Waals surface area contributed by atoms with E-state index in [1.165, 1.54) is 6.20 Å². The molecule has 0 aliphatic rings. The second-order valence-electron chi connectivity index (χ2n) is 6.89. The van der Waals surface area contributed by atoms with E-state index in [4.69, 9.17) is 14.8 Å². The Hall–Kier alpha value is -3.22. The summed E-state index contributed by atoms with van der Waals surface area (Å²) in [5, 5.41) is 13.6. The first-order chi connectivity index (χ1) is 14.1. The van der Waals surface area contributed by atoms with E-state index in [1.54, 1.807) is 12.3 Å². The van der Waals surface area contributed by atoms with Crippen molar-refractivity contribution in [3.63, 3.8) is 0 Å². The lowest BCUT2D eigenvalue weighted by Gasteiger charge is -2.09. The van der Waals surface area contributed by atoms with Crippen LogP contribution in [0.5, 0.6) is 5.75 Å². The third-order valence-corrected chi connectivity index (χ3v) is 4.60. The minimum absolute atomic E-state index is 0.218. The van der Waals surface area contributed by atoms with Crippen molar-refractivity contribution in [1.82, 2.24) is 19.7 Å². The van der Waals surface area contributed by atoms with Crippen LogP contribution in [0.25, 0.3) is 11.1 Å². The molecule has 0 saturated carbocycles. The van der Waals surface area contributed by atoms with E-state index in [0.29, 0.717) is 12.1 Å². The van der Waals surface area contributed by atoms with Crippen LogP contribution in [-0.2, 0) is 19.4 Å². The van der Waals surface area contributed by atoms with Crippen LogP contribution >= 0.6 is 0 Å². The van der Waals surface area contributed by atoms with Crippen LogP contribution in [0.2, 0.25) is 0 Å². The topological polar surface area (TPSA) is 90.1 Å². The summed E-state index contributed by atoms with van der Waals surface area (Å²) in [4.78, 5) is 19.6. The summed E-state index contributed by atoms with van der Waals surface area (Å²) in [5.41, 5.74) is 2.65. The number of carboxylic acid groups (broad SMARTS) is 1. The molecule has 7 heteroatoms. The SMILES string of the molecule is CCCCc1nc(CCC)nn1Cc1ccc(-c2ccncc2OC(=O)O)cc1. The van der Waals surface area contributed by atoms with Crippen LogP contribution < -0.4 is 4.74 Å². The number of rotatable bonds is 9. The molecule has 2 aromatic heterocycles. The van der Waals surface area contributed by atoms with Crippen molar-refractivity contribution in [2.45, 2.75) is 52.5 Å². The molecule has 0 saturated heterocycles. The molecule has 0 fully saturated rings. The van der Waals surface area contributed by atoms with Crippen LogP contribution in [0, 0.1) is 0 Å². The van der Waals surface area contributed by atoms with E-state index in [1.807, 2.05) is 28.9 Å². The van der Waals surface area contributed by atoms with Crippen LogP contribution in [0.4, 0.5) is 4.79 Å². The molecule has 0 aliphatic heterocycles. The fourth-order valence-electron chi connectivity index (χ4n) is 3.16. The van der Waals surface area contributed by atoms with Gasteiger partial charge in [-0.3, -0.25) is 4.98 Å².